The lowest BCUT2D eigenvalue weighted by atomic mass is 10.4. The number of nitrogens with zero attached hydrogens (tertiary/aromatic N) is 2. The van der Waals surface area contributed by atoms with E-state index >= 15 is 0 Å². The van der Waals surface area contributed by atoms with Crippen molar-refractivity contribution in [2.24, 2.45) is 0 Å². The third-order valence-electron chi connectivity index (χ3n) is 1.96. The average Bonchev–Trinajstić information content (AvgIpc) is 2.30. The predicted molar refractivity (Wildman–Crippen MR) is 65.2 cm³/mol. The maximum atomic E-state index is 5.82. The van der Waals surface area contributed by atoms with E-state index in [9.17, 15) is 0 Å². The third kappa shape index (κ3) is 3.16. The summed E-state index contributed by atoms with van der Waals surface area (Å²) < 4.78 is 10.1. The van der Waals surface area contributed by atoms with Crippen LogP contribution in [0.25, 0.3) is 0 Å². The fourth-order valence-electron chi connectivity index (χ4n) is 1.11. The molecule has 0 unspecified atom stereocenters. The molecule has 16 heavy (non-hydrogen) atoms. The molecule has 0 bridgehead atoms. The molecule has 6 heteroatoms. The van der Waals surface area contributed by atoms with E-state index < -0.39 is 0 Å². The van der Waals surface area contributed by atoms with Crippen LogP contribution in [-0.2, 0) is 0 Å². The van der Waals surface area contributed by atoms with Crippen LogP contribution in [0.3, 0.4) is 0 Å². The van der Waals surface area contributed by atoms with Crippen LogP contribution in [0, 0.1) is 0 Å². The molecule has 0 aliphatic rings. The number of methoxy groups -OCH3 is 2. The maximum Gasteiger partial charge on any atom is 0.321 e. The fraction of sp³-hybridized carbons (Fsp3) is 0.600. The zero-order valence-electron chi connectivity index (χ0n) is 9.82. The Balaban J connectivity index is 2.88. The van der Waals surface area contributed by atoms with E-state index in [4.69, 9.17) is 15.2 Å². The van der Waals surface area contributed by atoms with Crippen LogP contribution in [0.4, 0.5) is 5.82 Å². The summed E-state index contributed by atoms with van der Waals surface area (Å²) in [7, 11) is 3.06. The topological polar surface area (TPSA) is 70.3 Å². The summed E-state index contributed by atoms with van der Waals surface area (Å²) in [6, 6.07) is 0.231. The van der Waals surface area contributed by atoms with Crippen molar-refractivity contribution in [3.05, 3.63) is 0 Å². The standard InChI is InChI=1S/C10H17N3O2S/c1-4-5-6-16-7-8(11)12-10(15-3)13-9(7)14-2/h4-6H2,1-3H3,(H2,11,12,13). The molecule has 0 aliphatic carbocycles. The molecule has 5 nitrogen and oxygen atoms in total. The first kappa shape index (κ1) is 12.9. The molecule has 0 aliphatic heterocycles. The summed E-state index contributed by atoms with van der Waals surface area (Å²) >= 11 is 1.61. The van der Waals surface area contributed by atoms with Crippen LogP contribution in [0.5, 0.6) is 11.9 Å². The minimum Gasteiger partial charge on any atom is -0.480 e. The summed E-state index contributed by atoms with van der Waals surface area (Å²) in [6.45, 7) is 2.14. The van der Waals surface area contributed by atoms with Gasteiger partial charge >= 0.3 is 6.01 Å². The summed E-state index contributed by atoms with van der Waals surface area (Å²) in [5.41, 5.74) is 5.82. The molecule has 1 aromatic heterocycles. The molecule has 0 radical (unpaired) electrons. The zero-order chi connectivity index (χ0) is 12.0. The number of hydrogen-bond donors (Lipinski definition) is 1. The molecular weight excluding hydrogens is 226 g/mol. The number of thioether (sulfide) groups is 1. The second kappa shape index (κ2) is 6.42. The van der Waals surface area contributed by atoms with Crippen LogP contribution < -0.4 is 15.2 Å². The Morgan fingerprint density at radius 1 is 1.25 bits per heavy atom. The SMILES string of the molecule is CCCCSc1c(N)nc(OC)nc1OC. The van der Waals surface area contributed by atoms with Crippen molar-refractivity contribution in [1.29, 1.82) is 0 Å². The van der Waals surface area contributed by atoms with Crippen LogP contribution in [0.1, 0.15) is 19.8 Å². The second-order valence-electron chi connectivity index (χ2n) is 3.14. The van der Waals surface area contributed by atoms with Crippen molar-refractivity contribution in [2.45, 2.75) is 24.7 Å². The molecule has 0 saturated heterocycles. The lowest BCUT2D eigenvalue weighted by Gasteiger charge is -2.10. The van der Waals surface area contributed by atoms with Gasteiger partial charge in [0.25, 0.3) is 0 Å². The van der Waals surface area contributed by atoms with Crippen molar-refractivity contribution in [1.82, 2.24) is 9.97 Å². The zero-order valence-corrected chi connectivity index (χ0v) is 10.6. The van der Waals surface area contributed by atoms with E-state index in [1.807, 2.05) is 0 Å². The Morgan fingerprint density at radius 2 is 2.00 bits per heavy atom. The van der Waals surface area contributed by atoms with E-state index in [0.717, 1.165) is 23.5 Å². The van der Waals surface area contributed by atoms with Gasteiger partial charge in [0.05, 0.1) is 14.2 Å². The predicted octanol–water partition coefficient (Wildman–Crippen LogP) is 1.97. The third-order valence-corrected chi connectivity index (χ3v) is 3.13. The van der Waals surface area contributed by atoms with Gasteiger partial charge in [-0.3, -0.25) is 0 Å². The summed E-state index contributed by atoms with van der Waals surface area (Å²) in [5, 5.41) is 0. The van der Waals surface area contributed by atoms with Gasteiger partial charge in [0.15, 0.2) is 0 Å². The monoisotopic (exact) mass is 243 g/mol. The number of nitrogen functional groups attached to an aromatic ring is 1. The molecule has 0 aromatic carbocycles. The lowest BCUT2D eigenvalue weighted by Crippen LogP contribution is -2.03. The number of anilines is 1. The van der Waals surface area contributed by atoms with E-state index in [1.165, 1.54) is 7.11 Å². The molecule has 0 saturated carbocycles. The van der Waals surface area contributed by atoms with Crippen LogP contribution >= 0.6 is 11.8 Å². The number of hydrogen-bond acceptors (Lipinski definition) is 6. The van der Waals surface area contributed by atoms with Gasteiger partial charge in [-0.25, -0.2) is 0 Å². The second-order valence-corrected chi connectivity index (χ2v) is 4.24. The number of rotatable bonds is 6. The van der Waals surface area contributed by atoms with Gasteiger partial charge in [-0.1, -0.05) is 13.3 Å². The Hall–Kier alpha value is -1.17. The van der Waals surface area contributed by atoms with Gasteiger partial charge in [0, 0.05) is 0 Å². The lowest BCUT2D eigenvalue weighted by molar-refractivity contribution is 0.346. The molecule has 0 fully saturated rings. The van der Waals surface area contributed by atoms with Crippen LogP contribution in [0.15, 0.2) is 4.90 Å². The van der Waals surface area contributed by atoms with Crippen LogP contribution in [0.2, 0.25) is 0 Å². The van der Waals surface area contributed by atoms with Crippen molar-refractivity contribution >= 4 is 17.6 Å². The molecule has 0 amide bonds. The number of ether oxygens (including phenoxy) is 2. The van der Waals surface area contributed by atoms with Gasteiger partial charge < -0.3 is 15.2 Å². The van der Waals surface area contributed by atoms with Crippen LogP contribution in [-0.4, -0.2) is 29.9 Å². The van der Waals surface area contributed by atoms with E-state index in [-0.39, 0.29) is 6.01 Å². The first-order valence-electron chi connectivity index (χ1n) is 5.11. The molecule has 0 atom stereocenters. The summed E-state index contributed by atoms with van der Waals surface area (Å²) in [5.74, 6) is 1.86. The van der Waals surface area contributed by atoms with Gasteiger partial charge in [0.1, 0.15) is 10.7 Å². The normalized spacial score (nSPS) is 10.2. The number of unbranched alkanes of at least 4 members (excludes halogenated alkanes) is 1. The molecular formula is C10H17N3O2S. The quantitative estimate of drug-likeness (QED) is 0.608. The Labute approximate surface area is 99.8 Å². The minimum atomic E-state index is 0.231. The molecule has 1 aromatic rings. The molecule has 1 heterocycles. The molecule has 2 N–H and O–H groups in total. The van der Waals surface area contributed by atoms with Crippen molar-refractivity contribution in [2.75, 3.05) is 25.7 Å². The van der Waals surface area contributed by atoms with Gasteiger partial charge in [0.2, 0.25) is 5.88 Å². The van der Waals surface area contributed by atoms with E-state index in [0.29, 0.717) is 11.7 Å². The summed E-state index contributed by atoms with van der Waals surface area (Å²) in [4.78, 5) is 8.90. The molecule has 90 valence electrons. The first-order chi connectivity index (χ1) is 7.72. The van der Waals surface area contributed by atoms with Gasteiger partial charge in [-0.2, -0.15) is 9.97 Å². The van der Waals surface area contributed by atoms with Gasteiger partial charge in [-0.15, -0.1) is 11.8 Å². The first-order valence-corrected chi connectivity index (χ1v) is 6.09. The minimum absolute atomic E-state index is 0.231. The highest BCUT2D eigenvalue weighted by Crippen LogP contribution is 2.33. The van der Waals surface area contributed by atoms with Gasteiger partial charge in [-0.05, 0) is 12.2 Å². The number of nitrogens with two attached hydrogens (primary N) is 1. The molecule has 0 spiro atoms. The largest absolute Gasteiger partial charge is 0.480 e. The highest BCUT2D eigenvalue weighted by atomic mass is 32.2. The van der Waals surface area contributed by atoms with Crippen molar-refractivity contribution < 1.29 is 9.47 Å². The van der Waals surface area contributed by atoms with E-state index in [1.54, 1.807) is 18.9 Å². The molecule has 1 rings (SSSR count). The van der Waals surface area contributed by atoms with E-state index in [2.05, 4.69) is 16.9 Å². The van der Waals surface area contributed by atoms with Crippen molar-refractivity contribution in [3.63, 3.8) is 0 Å². The average molecular weight is 243 g/mol. The number of aromatic nitrogens is 2. The smallest absolute Gasteiger partial charge is 0.321 e. The highest BCUT2D eigenvalue weighted by Gasteiger charge is 2.13. The Morgan fingerprint density at radius 3 is 2.56 bits per heavy atom. The fourth-order valence-corrected chi connectivity index (χ4v) is 2.19. The summed E-state index contributed by atoms with van der Waals surface area (Å²) in [6.07, 6.45) is 2.27. The highest BCUT2D eigenvalue weighted by molar-refractivity contribution is 7.99. The van der Waals surface area contributed by atoms with Crippen molar-refractivity contribution in [3.8, 4) is 11.9 Å². The Bertz CT molecular complexity index is 347. The maximum absolute atomic E-state index is 5.82. The Kier molecular flexibility index (Phi) is 5.18.